The van der Waals surface area contributed by atoms with Gasteiger partial charge >= 0.3 is 5.97 Å². The van der Waals surface area contributed by atoms with Gasteiger partial charge in [-0.2, -0.15) is 0 Å². The van der Waals surface area contributed by atoms with Crippen LogP contribution < -0.4 is 15.0 Å². The van der Waals surface area contributed by atoms with Gasteiger partial charge in [0.1, 0.15) is 5.75 Å². The molecular formula is C23H26N2O5. The summed E-state index contributed by atoms with van der Waals surface area (Å²) in [5, 5.41) is 2.43. The van der Waals surface area contributed by atoms with Crippen molar-refractivity contribution in [3.05, 3.63) is 59.7 Å². The molecule has 30 heavy (non-hydrogen) atoms. The van der Waals surface area contributed by atoms with Gasteiger partial charge in [-0.1, -0.05) is 35.9 Å². The Kier molecular flexibility index (Phi) is 6.72. The van der Waals surface area contributed by atoms with Crippen molar-refractivity contribution in [1.29, 1.82) is 0 Å². The molecule has 2 aromatic carbocycles. The fourth-order valence-corrected chi connectivity index (χ4v) is 3.73. The largest absolute Gasteiger partial charge is 0.496 e. The van der Waals surface area contributed by atoms with Crippen LogP contribution in [-0.4, -0.2) is 38.5 Å². The summed E-state index contributed by atoms with van der Waals surface area (Å²) in [6.07, 6.45) is 0.537. The number of carbonyl (C=O) groups excluding carboxylic acids is 3. The van der Waals surface area contributed by atoms with Crippen LogP contribution in [-0.2, 0) is 19.1 Å². The van der Waals surface area contributed by atoms with E-state index in [0.29, 0.717) is 17.9 Å². The molecule has 158 valence electrons. The Morgan fingerprint density at radius 1 is 1.13 bits per heavy atom. The summed E-state index contributed by atoms with van der Waals surface area (Å²) >= 11 is 0. The second-order valence-corrected chi connectivity index (χ2v) is 7.21. The normalized spacial score (nSPS) is 18.6. The molecule has 0 saturated carbocycles. The smallest absolute Gasteiger partial charge is 0.311 e. The van der Waals surface area contributed by atoms with Crippen LogP contribution in [0.2, 0.25) is 0 Å². The quantitative estimate of drug-likeness (QED) is 0.741. The highest BCUT2D eigenvalue weighted by Gasteiger charge is 2.43. The van der Waals surface area contributed by atoms with Gasteiger partial charge in [-0.05, 0) is 31.5 Å². The topological polar surface area (TPSA) is 84.9 Å². The van der Waals surface area contributed by atoms with Gasteiger partial charge in [0.25, 0.3) is 5.91 Å². The number of nitrogens with one attached hydrogen (secondary N) is 1. The molecule has 2 atom stereocenters. The van der Waals surface area contributed by atoms with Gasteiger partial charge in [0.15, 0.2) is 6.61 Å². The average molecular weight is 410 g/mol. The Labute approximate surface area is 176 Å². The highest BCUT2D eigenvalue weighted by Crippen LogP contribution is 2.43. The van der Waals surface area contributed by atoms with Gasteiger partial charge in [0.2, 0.25) is 5.91 Å². The van der Waals surface area contributed by atoms with E-state index in [2.05, 4.69) is 5.32 Å². The lowest BCUT2D eigenvalue weighted by atomic mass is 9.83. The van der Waals surface area contributed by atoms with Crippen LogP contribution >= 0.6 is 0 Å². The average Bonchev–Trinajstić information content (AvgIpc) is 2.77. The fourth-order valence-electron chi connectivity index (χ4n) is 3.73. The predicted octanol–water partition coefficient (Wildman–Crippen LogP) is 2.78. The van der Waals surface area contributed by atoms with Crippen LogP contribution in [0.15, 0.2) is 48.5 Å². The number of para-hydroxylation sites is 1. The molecule has 2 aromatic rings. The van der Waals surface area contributed by atoms with Crippen molar-refractivity contribution in [2.24, 2.45) is 5.92 Å². The zero-order valence-electron chi connectivity index (χ0n) is 17.4. The number of nitrogens with zero attached hydrogens (tertiary/aromatic N) is 1. The summed E-state index contributed by atoms with van der Waals surface area (Å²) in [4.78, 5) is 39.2. The van der Waals surface area contributed by atoms with Crippen molar-refractivity contribution in [3.8, 4) is 5.75 Å². The first kappa shape index (κ1) is 21.4. The summed E-state index contributed by atoms with van der Waals surface area (Å²) in [6.45, 7) is 1.61. The number of hydrogen-bond donors (Lipinski definition) is 1. The Balaban J connectivity index is 2.05. The Morgan fingerprint density at radius 3 is 2.50 bits per heavy atom. The summed E-state index contributed by atoms with van der Waals surface area (Å²) in [6, 6.07) is 14.3. The maximum Gasteiger partial charge on any atom is 0.311 e. The second-order valence-electron chi connectivity index (χ2n) is 7.21. The summed E-state index contributed by atoms with van der Waals surface area (Å²) in [5.74, 6) is -1.04. The number of methoxy groups -OCH3 is 1. The minimum absolute atomic E-state index is 0.0786. The minimum Gasteiger partial charge on any atom is -0.496 e. The lowest BCUT2D eigenvalue weighted by molar-refractivity contribution is -0.154. The van der Waals surface area contributed by atoms with Gasteiger partial charge in [0, 0.05) is 24.7 Å². The van der Waals surface area contributed by atoms with Crippen LogP contribution in [0.1, 0.15) is 30.0 Å². The van der Waals surface area contributed by atoms with Crippen LogP contribution in [0.25, 0.3) is 0 Å². The molecular weight excluding hydrogens is 384 g/mol. The van der Waals surface area contributed by atoms with E-state index < -0.39 is 17.9 Å². The summed E-state index contributed by atoms with van der Waals surface area (Å²) in [7, 11) is 3.03. The van der Waals surface area contributed by atoms with Crippen LogP contribution in [0.3, 0.4) is 0 Å². The maximum atomic E-state index is 13.0. The van der Waals surface area contributed by atoms with E-state index in [-0.39, 0.29) is 24.8 Å². The molecule has 0 bridgehead atoms. The highest BCUT2D eigenvalue weighted by molar-refractivity contribution is 5.97. The third-order valence-electron chi connectivity index (χ3n) is 5.29. The Bertz CT molecular complexity index is 925. The first-order chi connectivity index (χ1) is 14.5. The molecule has 0 unspecified atom stereocenters. The molecule has 2 amide bonds. The number of carbonyl (C=O) groups is 3. The van der Waals surface area contributed by atoms with Crippen molar-refractivity contribution in [3.63, 3.8) is 0 Å². The fraction of sp³-hybridized carbons (Fsp3) is 0.348. The number of piperidine rings is 1. The summed E-state index contributed by atoms with van der Waals surface area (Å²) in [5.41, 5.74) is 2.49. The molecule has 1 aliphatic heterocycles. The number of rotatable bonds is 6. The third-order valence-corrected chi connectivity index (χ3v) is 5.29. The molecule has 7 nitrogen and oxygen atoms in total. The van der Waals surface area contributed by atoms with Crippen LogP contribution in [0.5, 0.6) is 5.75 Å². The lowest BCUT2D eigenvalue weighted by Gasteiger charge is -2.40. The Hall–Kier alpha value is -3.35. The van der Waals surface area contributed by atoms with Crippen molar-refractivity contribution < 1.29 is 23.9 Å². The maximum absolute atomic E-state index is 13.0. The predicted molar refractivity (Wildman–Crippen MR) is 112 cm³/mol. The van der Waals surface area contributed by atoms with Crippen molar-refractivity contribution in [2.45, 2.75) is 25.8 Å². The van der Waals surface area contributed by atoms with E-state index in [9.17, 15) is 14.4 Å². The first-order valence-electron chi connectivity index (χ1n) is 9.85. The molecule has 0 aromatic heterocycles. The van der Waals surface area contributed by atoms with Gasteiger partial charge in [0.05, 0.1) is 19.1 Å². The number of esters is 1. The SMILES string of the molecule is CNC(=O)COC(=O)[C@@H]1CCC(=O)N(c2ccc(C)cc2)[C@H]1c1ccccc1OC. The zero-order valence-corrected chi connectivity index (χ0v) is 17.4. The first-order valence-corrected chi connectivity index (χ1v) is 9.85. The molecule has 3 rings (SSSR count). The van der Waals surface area contributed by atoms with E-state index >= 15 is 0 Å². The zero-order chi connectivity index (χ0) is 21.7. The molecule has 1 aliphatic rings. The third kappa shape index (κ3) is 4.45. The van der Waals surface area contributed by atoms with Gasteiger partial charge in [-0.25, -0.2) is 0 Å². The number of amides is 2. The number of hydrogen-bond acceptors (Lipinski definition) is 5. The second kappa shape index (κ2) is 9.43. The van der Waals surface area contributed by atoms with Crippen LogP contribution in [0.4, 0.5) is 5.69 Å². The van der Waals surface area contributed by atoms with Gasteiger partial charge in [-0.15, -0.1) is 0 Å². The number of aryl methyl sites for hydroxylation is 1. The molecule has 0 spiro atoms. The van der Waals surface area contributed by atoms with Crippen LogP contribution in [0, 0.1) is 12.8 Å². The number of ether oxygens (including phenoxy) is 2. The number of likely N-dealkylation sites (N-methyl/N-ethyl adjacent to an activating group) is 1. The molecule has 0 aliphatic carbocycles. The molecule has 0 radical (unpaired) electrons. The molecule has 1 fully saturated rings. The van der Waals surface area contributed by atoms with Crippen molar-refractivity contribution in [1.82, 2.24) is 5.32 Å². The Morgan fingerprint density at radius 2 is 1.83 bits per heavy atom. The van der Waals surface area contributed by atoms with Gasteiger partial charge in [-0.3, -0.25) is 14.4 Å². The highest BCUT2D eigenvalue weighted by atomic mass is 16.5. The van der Waals surface area contributed by atoms with E-state index in [4.69, 9.17) is 9.47 Å². The van der Waals surface area contributed by atoms with Crippen molar-refractivity contribution in [2.75, 3.05) is 25.7 Å². The van der Waals surface area contributed by atoms with E-state index in [1.165, 1.54) is 7.05 Å². The minimum atomic E-state index is -0.634. The van der Waals surface area contributed by atoms with Gasteiger partial charge < -0.3 is 19.7 Å². The number of benzene rings is 2. The van der Waals surface area contributed by atoms with E-state index in [0.717, 1.165) is 11.1 Å². The standard InChI is InChI=1S/C23H26N2O5/c1-15-8-10-16(11-9-15)25-21(27)13-12-18(23(28)30-14-20(26)24-2)22(25)17-6-4-5-7-19(17)29-3/h4-11,18,22H,12-14H2,1-3H3,(H,24,26)/t18-,22+/m1/s1. The van der Waals surface area contributed by atoms with E-state index in [1.807, 2.05) is 49.4 Å². The lowest BCUT2D eigenvalue weighted by Crippen LogP contribution is -2.46. The summed E-state index contributed by atoms with van der Waals surface area (Å²) < 4.78 is 10.8. The number of anilines is 1. The monoisotopic (exact) mass is 410 g/mol. The molecule has 1 N–H and O–H groups in total. The molecule has 1 heterocycles. The molecule has 1 saturated heterocycles. The van der Waals surface area contributed by atoms with E-state index in [1.54, 1.807) is 18.1 Å². The van der Waals surface area contributed by atoms with Crippen molar-refractivity contribution >= 4 is 23.5 Å². The molecule has 7 heteroatoms.